The first-order valence-corrected chi connectivity index (χ1v) is 6.90. The standard InChI is InChI=1S/C17H21NO2/c1-12-9-13(2)11-17(3,10-12)20-16(19)14-7-5-6-8-15(14)18-4/h5-9,12H,4,10-11H2,1-3H3. The van der Waals surface area contributed by atoms with Gasteiger partial charge in [0.05, 0.1) is 11.3 Å². The molecule has 0 fully saturated rings. The fourth-order valence-corrected chi connectivity index (χ4v) is 3.09. The van der Waals surface area contributed by atoms with Crippen molar-refractivity contribution < 1.29 is 9.53 Å². The molecule has 2 rings (SSSR count). The Morgan fingerprint density at radius 1 is 1.45 bits per heavy atom. The summed E-state index contributed by atoms with van der Waals surface area (Å²) in [4.78, 5) is 16.3. The molecule has 3 heteroatoms. The molecule has 0 aromatic heterocycles. The molecule has 0 bridgehead atoms. The second-order valence-corrected chi connectivity index (χ2v) is 5.89. The molecule has 0 radical (unpaired) electrons. The molecule has 0 saturated carbocycles. The van der Waals surface area contributed by atoms with Crippen LogP contribution in [0.1, 0.15) is 44.0 Å². The quantitative estimate of drug-likeness (QED) is 0.467. The molecular formula is C17H21NO2. The lowest BCUT2D eigenvalue weighted by Gasteiger charge is -2.35. The molecule has 0 saturated heterocycles. The summed E-state index contributed by atoms with van der Waals surface area (Å²) in [6.07, 6.45) is 3.88. The van der Waals surface area contributed by atoms with Gasteiger partial charge < -0.3 is 4.74 Å². The van der Waals surface area contributed by atoms with E-state index in [1.165, 1.54) is 5.57 Å². The summed E-state index contributed by atoms with van der Waals surface area (Å²) in [6.45, 7) is 9.73. The molecule has 0 amide bonds. The minimum Gasteiger partial charge on any atom is -0.455 e. The van der Waals surface area contributed by atoms with E-state index in [-0.39, 0.29) is 5.97 Å². The second-order valence-electron chi connectivity index (χ2n) is 5.89. The Labute approximate surface area is 120 Å². The number of allylic oxidation sites excluding steroid dienone is 1. The average Bonchev–Trinajstić information content (AvgIpc) is 2.36. The number of aliphatic imine (C=N–C) groups is 1. The molecule has 2 unspecified atom stereocenters. The normalized spacial score (nSPS) is 25.8. The van der Waals surface area contributed by atoms with E-state index in [9.17, 15) is 4.79 Å². The summed E-state index contributed by atoms with van der Waals surface area (Å²) in [7, 11) is 0. The van der Waals surface area contributed by atoms with E-state index >= 15 is 0 Å². The van der Waals surface area contributed by atoms with Crippen LogP contribution in [0, 0.1) is 5.92 Å². The topological polar surface area (TPSA) is 38.7 Å². The summed E-state index contributed by atoms with van der Waals surface area (Å²) in [5.41, 5.74) is 1.87. The zero-order chi connectivity index (χ0) is 14.8. The largest absolute Gasteiger partial charge is 0.455 e. The van der Waals surface area contributed by atoms with E-state index in [2.05, 4.69) is 31.6 Å². The molecule has 106 valence electrons. The van der Waals surface area contributed by atoms with Gasteiger partial charge in [0.25, 0.3) is 0 Å². The Hall–Kier alpha value is -1.90. The molecule has 0 spiro atoms. The Balaban J connectivity index is 2.19. The van der Waals surface area contributed by atoms with E-state index in [0.29, 0.717) is 17.2 Å². The van der Waals surface area contributed by atoms with Gasteiger partial charge in [-0.15, -0.1) is 0 Å². The zero-order valence-electron chi connectivity index (χ0n) is 12.3. The molecule has 0 aliphatic heterocycles. The van der Waals surface area contributed by atoms with Gasteiger partial charge in [0.2, 0.25) is 0 Å². The van der Waals surface area contributed by atoms with Crippen LogP contribution >= 0.6 is 0 Å². The highest BCUT2D eigenvalue weighted by Crippen LogP contribution is 2.35. The summed E-state index contributed by atoms with van der Waals surface area (Å²) in [5.74, 6) is 0.103. The van der Waals surface area contributed by atoms with E-state index in [1.54, 1.807) is 12.1 Å². The van der Waals surface area contributed by atoms with Crippen molar-refractivity contribution in [3.63, 3.8) is 0 Å². The van der Waals surface area contributed by atoms with Crippen molar-refractivity contribution in [2.24, 2.45) is 10.9 Å². The van der Waals surface area contributed by atoms with Crippen molar-refractivity contribution >= 4 is 18.4 Å². The lowest BCUT2D eigenvalue weighted by Crippen LogP contribution is -2.36. The van der Waals surface area contributed by atoms with Crippen molar-refractivity contribution in [2.75, 3.05) is 0 Å². The fraction of sp³-hybridized carbons (Fsp3) is 0.412. The van der Waals surface area contributed by atoms with Gasteiger partial charge in [0.1, 0.15) is 5.60 Å². The van der Waals surface area contributed by atoms with Crippen LogP contribution in [0.5, 0.6) is 0 Å². The van der Waals surface area contributed by atoms with Crippen molar-refractivity contribution in [3.05, 3.63) is 41.5 Å². The van der Waals surface area contributed by atoms with Crippen LogP contribution < -0.4 is 0 Å². The van der Waals surface area contributed by atoms with Crippen molar-refractivity contribution in [1.82, 2.24) is 0 Å². The van der Waals surface area contributed by atoms with Crippen LogP contribution in [0.15, 0.2) is 40.9 Å². The van der Waals surface area contributed by atoms with Gasteiger partial charge in [0.15, 0.2) is 0 Å². The molecule has 20 heavy (non-hydrogen) atoms. The molecule has 1 aliphatic carbocycles. The molecule has 0 N–H and O–H groups in total. The summed E-state index contributed by atoms with van der Waals surface area (Å²) < 4.78 is 5.78. The zero-order valence-corrected chi connectivity index (χ0v) is 12.3. The first kappa shape index (κ1) is 14.5. The minimum absolute atomic E-state index is 0.322. The maximum Gasteiger partial charge on any atom is 0.340 e. The summed E-state index contributed by atoms with van der Waals surface area (Å²) in [6, 6.07) is 7.13. The van der Waals surface area contributed by atoms with Crippen molar-refractivity contribution in [1.29, 1.82) is 0 Å². The van der Waals surface area contributed by atoms with E-state index in [4.69, 9.17) is 4.74 Å². The van der Waals surface area contributed by atoms with Gasteiger partial charge >= 0.3 is 5.97 Å². The van der Waals surface area contributed by atoms with Gasteiger partial charge in [0, 0.05) is 6.42 Å². The molecule has 2 atom stereocenters. The smallest absolute Gasteiger partial charge is 0.340 e. The highest BCUT2D eigenvalue weighted by Gasteiger charge is 2.34. The number of hydrogen-bond acceptors (Lipinski definition) is 3. The maximum absolute atomic E-state index is 12.4. The van der Waals surface area contributed by atoms with Gasteiger partial charge in [-0.25, -0.2) is 4.79 Å². The van der Waals surface area contributed by atoms with Gasteiger partial charge in [-0.05, 0) is 45.0 Å². The lowest BCUT2D eigenvalue weighted by atomic mass is 9.81. The fourth-order valence-electron chi connectivity index (χ4n) is 3.09. The molecule has 1 aliphatic rings. The number of esters is 1. The number of carbonyl (C=O) groups excluding carboxylic acids is 1. The molecule has 1 aromatic rings. The van der Waals surface area contributed by atoms with E-state index in [1.807, 2.05) is 19.1 Å². The predicted molar refractivity (Wildman–Crippen MR) is 81.6 cm³/mol. The number of rotatable bonds is 3. The first-order valence-electron chi connectivity index (χ1n) is 6.90. The molecule has 0 heterocycles. The maximum atomic E-state index is 12.4. The Morgan fingerprint density at radius 2 is 2.15 bits per heavy atom. The van der Waals surface area contributed by atoms with Crippen LogP contribution in [0.3, 0.4) is 0 Å². The van der Waals surface area contributed by atoms with E-state index in [0.717, 1.165) is 12.8 Å². The highest BCUT2D eigenvalue weighted by atomic mass is 16.6. The third kappa shape index (κ3) is 3.16. The Kier molecular flexibility index (Phi) is 4.07. The van der Waals surface area contributed by atoms with Crippen molar-refractivity contribution in [2.45, 2.75) is 39.2 Å². The summed E-state index contributed by atoms with van der Waals surface area (Å²) in [5, 5.41) is 0. The highest BCUT2D eigenvalue weighted by molar-refractivity contribution is 5.95. The number of carbonyl (C=O) groups is 1. The third-order valence-corrected chi connectivity index (χ3v) is 3.61. The Bertz CT molecular complexity index is 562. The van der Waals surface area contributed by atoms with Crippen LogP contribution in [0.4, 0.5) is 5.69 Å². The lowest BCUT2D eigenvalue weighted by molar-refractivity contribution is -0.0200. The van der Waals surface area contributed by atoms with Crippen LogP contribution in [-0.2, 0) is 4.74 Å². The Morgan fingerprint density at radius 3 is 2.80 bits per heavy atom. The number of nitrogens with zero attached hydrogens (tertiary/aromatic N) is 1. The van der Waals surface area contributed by atoms with Crippen molar-refractivity contribution in [3.8, 4) is 0 Å². The predicted octanol–water partition coefficient (Wildman–Crippen LogP) is 4.31. The van der Waals surface area contributed by atoms with Gasteiger partial charge in [-0.3, -0.25) is 4.99 Å². The molecular weight excluding hydrogens is 250 g/mol. The molecule has 3 nitrogen and oxygen atoms in total. The summed E-state index contributed by atoms with van der Waals surface area (Å²) >= 11 is 0. The van der Waals surface area contributed by atoms with Crippen LogP contribution in [0.25, 0.3) is 0 Å². The van der Waals surface area contributed by atoms with Crippen LogP contribution in [0.2, 0.25) is 0 Å². The number of hydrogen-bond donors (Lipinski definition) is 0. The SMILES string of the molecule is C=Nc1ccccc1C(=O)OC1(C)CC(C)=CC(C)C1. The number of para-hydroxylation sites is 1. The second kappa shape index (κ2) is 5.61. The van der Waals surface area contributed by atoms with E-state index < -0.39 is 5.60 Å². The average molecular weight is 271 g/mol. The first-order chi connectivity index (χ1) is 9.43. The minimum atomic E-state index is -0.441. The van der Waals surface area contributed by atoms with Crippen LogP contribution in [-0.4, -0.2) is 18.3 Å². The third-order valence-electron chi connectivity index (χ3n) is 3.61. The number of benzene rings is 1. The molecule has 1 aromatic carbocycles. The van der Waals surface area contributed by atoms with Gasteiger partial charge in [-0.1, -0.05) is 30.7 Å². The monoisotopic (exact) mass is 271 g/mol. The van der Waals surface area contributed by atoms with Gasteiger partial charge in [-0.2, -0.15) is 0 Å². The number of ether oxygens (including phenoxy) is 1.